The number of ether oxygens (including phenoxy) is 1. The summed E-state index contributed by atoms with van der Waals surface area (Å²) in [5, 5.41) is 0.901. The van der Waals surface area contributed by atoms with Gasteiger partial charge in [-0.15, -0.1) is 11.3 Å². The first-order valence-corrected chi connectivity index (χ1v) is 12.2. The number of carbonyl (C=O) groups excluding carboxylic acids is 1. The highest BCUT2D eigenvalue weighted by Gasteiger charge is 2.29. The Hall–Kier alpha value is -1.92. The van der Waals surface area contributed by atoms with E-state index in [-0.39, 0.29) is 5.91 Å². The van der Waals surface area contributed by atoms with Crippen molar-refractivity contribution in [2.75, 3.05) is 32.8 Å². The lowest BCUT2D eigenvalue weighted by Crippen LogP contribution is -2.47. The third-order valence-corrected chi connectivity index (χ3v) is 7.51. The van der Waals surface area contributed by atoms with Gasteiger partial charge in [-0.3, -0.25) is 4.79 Å². The predicted octanol–water partition coefficient (Wildman–Crippen LogP) is 5.00. The normalized spacial score (nSPS) is 18.9. The number of benzene rings is 1. The van der Waals surface area contributed by atoms with Crippen LogP contribution in [0.1, 0.15) is 60.8 Å². The number of thiazole rings is 1. The quantitative estimate of drug-likeness (QED) is 0.674. The zero-order chi connectivity index (χ0) is 20.9. The van der Waals surface area contributed by atoms with Crippen LogP contribution >= 0.6 is 11.3 Å². The van der Waals surface area contributed by atoms with Crippen LogP contribution in [-0.4, -0.2) is 59.5 Å². The third kappa shape index (κ3) is 4.86. The summed E-state index contributed by atoms with van der Waals surface area (Å²) in [6.07, 6.45) is 7.58. The molecule has 1 amide bonds. The molecular formula is C24H33N3O2S. The van der Waals surface area contributed by atoms with Crippen LogP contribution in [0.3, 0.4) is 0 Å². The molecule has 5 nitrogen and oxygen atoms in total. The standard InChI is InChI=1S/C24H33N3O2S/c1-3-29-21-10-8-19(9-11-21)23-25-18(2)22(30-23)24(28)27-16-12-20(13-17-27)26-14-6-4-5-7-15-26/h8-11,20H,3-7,12-17H2,1-2H3. The number of carbonyl (C=O) groups is 1. The Bertz CT molecular complexity index is 833. The topological polar surface area (TPSA) is 45.7 Å². The molecule has 162 valence electrons. The van der Waals surface area contributed by atoms with Crippen LogP contribution in [0.2, 0.25) is 0 Å². The molecule has 4 rings (SSSR count). The molecule has 0 radical (unpaired) electrons. The van der Waals surface area contributed by atoms with Gasteiger partial charge in [-0.2, -0.15) is 0 Å². The van der Waals surface area contributed by atoms with Gasteiger partial charge in [0.1, 0.15) is 15.6 Å². The smallest absolute Gasteiger partial charge is 0.265 e. The fraction of sp³-hybridized carbons (Fsp3) is 0.583. The van der Waals surface area contributed by atoms with Crippen LogP contribution in [0, 0.1) is 6.92 Å². The van der Waals surface area contributed by atoms with E-state index in [0.29, 0.717) is 12.6 Å². The van der Waals surface area contributed by atoms with Crippen molar-refractivity contribution in [3.63, 3.8) is 0 Å². The highest BCUT2D eigenvalue weighted by molar-refractivity contribution is 7.17. The van der Waals surface area contributed by atoms with Gasteiger partial charge in [0, 0.05) is 24.7 Å². The van der Waals surface area contributed by atoms with Gasteiger partial charge >= 0.3 is 0 Å². The first-order chi connectivity index (χ1) is 14.7. The average Bonchev–Trinajstić information content (AvgIpc) is 2.98. The molecule has 0 spiro atoms. The monoisotopic (exact) mass is 427 g/mol. The molecule has 1 aromatic carbocycles. The SMILES string of the molecule is CCOc1ccc(-c2nc(C)c(C(=O)N3CCC(N4CCCCCC4)CC3)s2)cc1. The molecule has 2 aliphatic heterocycles. The Morgan fingerprint density at radius 2 is 1.73 bits per heavy atom. The Kier molecular flexibility index (Phi) is 7.05. The van der Waals surface area contributed by atoms with E-state index >= 15 is 0 Å². The molecule has 6 heteroatoms. The summed E-state index contributed by atoms with van der Waals surface area (Å²) in [6.45, 7) is 8.77. The zero-order valence-corrected chi connectivity index (χ0v) is 19.0. The van der Waals surface area contributed by atoms with Gasteiger partial charge in [-0.25, -0.2) is 4.98 Å². The van der Waals surface area contributed by atoms with Gasteiger partial charge in [0.25, 0.3) is 5.91 Å². The molecule has 2 aliphatic rings. The fourth-order valence-electron chi connectivity index (χ4n) is 4.62. The number of amides is 1. The summed E-state index contributed by atoms with van der Waals surface area (Å²) in [7, 11) is 0. The molecule has 0 N–H and O–H groups in total. The van der Waals surface area contributed by atoms with Gasteiger partial charge in [-0.05, 0) is 76.9 Å². The van der Waals surface area contributed by atoms with E-state index in [4.69, 9.17) is 9.72 Å². The molecule has 2 fully saturated rings. The second-order valence-corrected chi connectivity index (χ2v) is 9.36. The minimum absolute atomic E-state index is 0.150. The number of aromatic nitrogens is 1. The van der Waals surface area contributed by atoms with Crippen LogP contribution in [-0.2, 0) is 0 Å². The molecule has 0 unspecified atom stereocenters. The van der Waals surface area contributed by atoms with Crippen molar-refractivity contribution in [1.29, 1.82) is 0 Å². The Labute approximate surface area is 184 Å². The van der Waals surface area contributed by atoms with E-state index < -0.39 is 0 Å². The van der Waals surface area contributed by atoms with Crippen molar-refractivity contribution in [3.05, 3.63) is 34.8 Å². The maximum absolute atomic E-state index is 13.2. The van der Waals surface area contributed by atoms with Gasteiger partial charge in [0.2, 0.25) is 0 Å². The molecule has 1 aromatic heterocycles. The van der Waals surface area contributed by atoms with Crippen molar-refractivity contribution in [2.24, 2.45) is 0 Å². The van der Waals surface area contributed by atoms with E-state index in [1.807, 2.05) is 43.0 Å². The molecular weight excluding hydrogens is 394 g/mol. The van der Waals surface area contributed by atoms with Crippen LogP contribution in [0.15, 0.2) is 24.3 Å². The number of likely N-dealkylation sites (tertiary alicyclic amines) is 2. The van der Waals surface area contributed by atoms with E-state index in [1.54, 1.807) is 0 Å². The van der Waals surface area contributed by atoms with E-state index in [2.05, 4.69) is 4.90 Å². The summed E-state index contributed by atoms with van der Waals surface area (Å²) in [5.74, 6) is 1.01. The molecule has 0 aliphatic carbocycles. The molecule has 0 atom stereocenters. The number of aryl methyl sites for hydroxylation is 1. The molecule has 2 saturated heterocycles. The van der Waals surface area contributed by atoms with Crippen molar-refractivity contribution in [2.45, 2.75) is 58.4 Å². The van der Waals surface area contributed by atoms with Crippen LogP contribution in [0.25, 0.3) is 10.6 Å². The Morgan fingerprint density at radius 3 is 2.37 bits per heavy atom. The minimum Gasteiger partial charge on any atom is -0.494 e. The summed E-state index contributed by atoms with van der Waals surface area (Å²) in [4.78, 5) is 23.4. The lowest BCUT2D eigenvalue weighted by molar-refractivity contribution is 0.0626. The average molecular weight is 428 g/mol. The largest absolute Gasteiger partial charge is 0.494 e. The summed E-state index contributed by atoms with van der Waals surface area (Å²) in [5.41, 5.74) is 1.87. The number of rotatable bonds is 5. The summed E-state index contributed by atoms with van der Waals surface area (Å²) in [6, 6.07) is 8.61. The van der Waals surface area contributed by atoms with Crippen molar-refractivity contribution in [1.82, 2.24) is 14.8 Å². The number of nitrogens with zero attached hydrogens (tertiary/aromatic N) is 3. The minimum atomic E-state index is 0.150. The maximum Gasteiger partial charge on any atom is 0.265 e. The van der Waals surface area contributed by atoms with E-state index in [0.717, 1.165) is 52.8 Å². The molecule has 0 saturated carbocycles. The molecule has 0 bridgehead atoms. The van der Waals surface area contributed by atoms with Gasteiger partial charge in [0.15, 0.2) is 0 Å². The lowest BCUT2D eigenvalue weighted by atomic mass is 10.0. The number of hydrogen-bond donors (Lipinski definition) is 0. The van der Waals surface area contributed by atoms with Crippen LogP contribution in [0.4, 0.5) is 0 Å². The second kappa shape index (κ2) is 9.92. The lowest BCUT2D eigenvalue weighted by Gasteiger charge is -2.38. The molecule has 3 heterocycles. The fourth-order valence-corrected chi connectivity index (χ4v) is 5.66. The predicted molar refractivity (Wildman–Crippen MR) is 122 cm³/mol. The molecule has 2 aromatic rings. The first kappa shape index (κ1) is 21.3. The zero-order valence-electron chi connectivity index (χ0n) is 18.2. The van der Waals surface area contributed by atoms with Crippen molar-refractivity contribution < 1.29 is 9.53 Å². The Balaban J connectivity index is 1.39. The molecule has 30 heavy (non-hydrogen) atoms. The van der Waals surface area contributed by atoms with Crippen LogP contribution < -0.4 is 4.74 Å². The highest BCUT2D eigenvalue weighted by atomic mass is 32.1. The van der Waals surface area contributed by atoms with Crippen molar-refractivity contribution >= 4 is 17.2 Å². The van der Waals surface area contributed by atoms with E-state index in [1.165, 1.54) is 50.1 Å². The summed E-state index contributed by atoms with van der Waals surface area (Å²) >= 11 is 1.51. The maximum atomic E-state index is 13.2. The van der Waals surface area contributed by atoms with E-state index in [9.17, 15) is 4.79 Å². The van der Waals surface area contributed by atoms with Gasteiger partial charge in [0.05, 0.1) is 12.3 Å². The second-order valence-electron chi connectivity index (χ2n) is 8.36. The summed E-state index contributed by atoms with van der Waals surface area (Å²) < 4.78 is 5.52. The number of hydrogen-bond acceptors (Lipinski definition) is 5. The van der Waals surface area contributed by atoms with Crippen molar-refractivity contribution in [3.8, 4) is 16.3 Å². The van der Waals surface area contributed by atoms with Gasteiger partial charge in [-0.1, -0.05) is 12.8 Å². The van der Waals surface area contributed by atoms with Gasteiger partial charge < -0.3 is 14.5 Å². The number of piperidine rings is 1. The third-order valence-electron chi connectivity index (χ3n) is 6.31. The Morgan fingerprint density at radius 1 is 1.07 bits per heavy atom. The highest BCUT2D eigenvalue weighted by Crippen LogP contribution is 2.31. The van der Waals surface area contributed by atoms with Crippen LogP contribution in [0.5, 0.6) is 5.75 Å². The first-order valence-electron chi connectivity index (χ1n) is 11.4.